The van der Waals surface area contributed by atoms with Crippen molar-refractivity contribution in [3.05, 3.63) is 58.0 Å². The van der Waals surface area contributed by atoms with E-state index in [1.54, 1.807) is 32.4 Å². The number of nitrogens with zero attached hydrogens (tertiary/aromatic N) is 1. The van der Waals surface area contributed by atoms with Crippen LogP contribution in [0.3, 0.4) is 0 Å². The summed E-state index contributed by atoms with van der Waals surface area (Å²) in [5.41, 5.74) is 3.21. The Morgan fingerprint density at radius 2 is 1.86 bits per heavy atom. The quantitative estimate of drug-likeness (QED) is 0.452. The summed E-state index contributed by atoms with van der Waals surface area (Å²) in [4.78, 5) is 33.6. The number of aromatic amines is 2. The number of nitrogens with one attached hydrogen (secondary N) is 3. The Bertz CT molecular complexity index is 1240. The molecule has 0 radical (unpaired) electrons. The van der Waals surface area contributed by atoms with Gasteiger partial charge >= 0.3 is 5.69 Å². The fourth-order valence-electron chi connectivity index (χ4n) is 2.97. The molecule has 2 heterocycles. The molecule has 4 rings (SSSR count). The van der Waals surface area contributed by atoms with Gasteiger partial charge in [-0.2, -0.15) is 0 Å². The minimum Gasteiger partial charge on any atom is -0.493 e. The van der Waals surface area contributed by atoms with Crippen LogP contribution in [0.25, 0.3) is 21.6 Å². The third kappa shape index (κ3) is 3.99. The molecule has 0 unspecified atom stereocenters. The molecule has 0 aliphatic heterocycles. The summed E-state index contributed by atoms with van der Waals surface area (Å²) in [6, 6.07) is 10.8. The van der Waals surface area contributed by atoms with Gasteiger partial charge in [-0.05, 0) is 36.4 Å². The lowest BCUT2D eigenvalue weighted by Gasteiger charge is -2.08. The molecule has 2 aromatic heterocycles. The van der Waals surface area contributed by atoms with E-state index in [0.717, 1.165) is 10.6 Å². The smallest absolute Gasteiger partial charge is 0.323 e. The number of anilines is 1. The molecule has 0 bridgehead atoms. The molecule has 9 heteroatoms. The topological polar surface area (TPSA) is 109 Å². The monoisotopic (exact) mass is 410 g/mol. The molecule has 0 spiro atoms. The van der Waals surface area contributed by atoms with Crippen molar-refractivity contribution in [2.75, 3.05) is 19.5 Å². The van der Waals surface area contributed by atoms with E-state index < -0.39 is 0 Å². The Morgan fingerprint density at radius 3 is 2.66 bits per heavy atom. The highest BCUT2D eigenvalue weighted by molar-refractivity contribution is 7.13. The van der Waals surface area contributed by atoms with Gasteiger partial charge < -0.3 is 24.8 Å². The number of fused-ring (bicyclic) bond motifs is 1. The number of carbonyl (C=O) groups excluding carboxylic acids is 1. The van der Waals surface area contributed by atoms with E-state index in [2.05, 4.69) is 20.3 Å². The predicted octanol–water partition coefficient (Wildman–Crippen LogP) is 3.18. The number of benzene rings is 2. The van der Waals surface area contributed by atoms with Crippen molar-refractivity contribution < 1.29 is 14.3 Å². The largest absolute Gasteiger partial charge is 0.493 e. The van der Waals surface area contributed by atoms with Gasteiger partial charge in [0.25, 0.3) is 0 Å². The van der Waals surface area contributed by atoms with Crippen LogP contribution in [0.4, 0.5) is 5.69 Å². The lowest BCUT2D eigenvalue weighted by atomic mass is 10.2. The summed E-state index contributed by atoms with van der Waals surface area (Å²) >= 11 is 1.46. The first-order chi connectivity index (χ1) is 14.1. The molecule has 0 saturated heterocycles. The average molecular weight is 410 g/mol. The first-order valence-electron chi connectivity index (χ1n) is 8.74. The molecule has 0 saturated carbocycles. The van der Waals surface area contributed by atoms with E-state index in [0.29, 0.717) is 33.9 Å². The fourth-order valence-corrected chi connectivity index (χ4v) is 3.79. The molecule has 148 valence electrons. The van der Waals surface area contributed by atoms with Crippen molar-refractivity contribution in [1.82, 2.24) is 15.0 Å². The Morgan fingerprint density at radius 1 is 1.07 bits per heavy atom. The zero-order chi connectivity index (χ0) is 20.4. The maximum atomic E-state index is 12.4. The van der Waals surface area contributed by atoms with Crippen LogP contribution in [0.2, 0.25) is 0 Å². The number of hydrogen-bond donors (Lipinski definition) is 3. The summed E-state index contributed by atoms with van der Waals surface area (Å²) in [5, 5.41) is 5.48. The zero-order valence-electron chi connectivity index (χ0n) is 15.7. The second kappa shape index (κ2) is 7.80. The standard InChI is InChI=1S/C20H18N4O4S/c1-27-16-6-3-11(7-17(16)28-2)19-22-13(10-29-19)9-18(25)21-12-4-5-14-15(8-12)24-20(26)23-14/h3-8,10H,9H2,1-2H3,(H,21,25)(H2,23,24,26). The first-order valence-corrected chi connectivity index (χ1v) is 9.62. The molecule has 1 amide bonds. The minimum atomic E-state index is -0.284. The van der Waals surface area contributed by atoms with Gasteiger partial charge in [0.05, 0.1) is 37.4 Å². The number of aromatic nitrogens is 3. The molecule has 4 aromatic rings. The van der Waals surface area contributed by atoms with Crippen molar-refractivity contribution in [3.63, 3.8) is 0 Å². The van der Waals surface area contributed by atoms with Crippen LogP contribution < -0.4 is 20.5 Å². The third-order valence-electron chi connectivity index (χ3n) is 4.32. The number of hydrogen-bond acceptors (Lipinski definition) is 6. The summed E-state index contributed by atoms with van der Waals surface area (Å²) in [7, 11) is 3.17. The predicted molar refractivity (Wildman–Crippen MR) is 112 cm³/mol. The van der Waals surface area contributed by atoms with Gasteiger partial charge in [0.2, 0.25) is 5.91 Å². The lowest BCUT2D eigenvalue weighted by molar-refractivity contribution is -0.115. The van der Waals surface area contributed by atoms with E-state index >= 15 is 0 Å². The van der Waals surface area contributed by atoms with Crippen LogP contribution in [0.5, 0.6) is 11.5 Å². The number of thiazole rings is 1. The summed E-state index contributed by atoms with van der Waals surface area (Å²) in [6.45, 7) is 0. The second-order valence-electron chi connectivity index (χ2n) is 6.28. The van der Waals surface area contributed by atoms with Crippen molar-refractivity contribution in [2.24, 2.45) is 0 Å². The Kier molecular flexibility index (Phi) is 5.05. The molecule has 0 aliphatic rings. The second-order valence-corrected chi connectivity index (χ2v) is 7.14. The Hall–Kier alpha value is -3.59. The number of methoxy groups -OCH3 is 2. The molecule has 0 aliphatic carbocycles. The van der Waals surface area contributed by atoms with E-state index in [4.69, 9.17) is 9.47 Å². The fraction of sp³-hybridized carbons (Fsp3) is 0.150. The SMILES string of the molecule is COc1ccc(-c2nc(CC(=O)Nc3ccc4[nH]c(=O)[nH]c4c3)cs2)cc1OC. The van der Waals surface area contributed by atoms with Crippen molar-refractivity contribution in [2.45, 2.75) is 6.42 Å². The zero-order valence-corrected chi connectivity index (χ0v) is 16.6. The number of H-pyrrole nitrogens is 2. The normalized spacial score (nSPS) is 10.8. The number of ether oxygens (including phenoxy) is 2. The van der Waals surface area contributed by atoms with Crippen molar-refractivity contribution in [3.8, 4) is 22.1 Å². The first kappa shape index (κ1) is 18.8. The van der Waals surface area contributed by atoms with Gasteiger partial charge in [-0.15, -0.1) is 11.3 Å². The molecule has 3 N–H and O–H groups in total. The summed E-state index contributed by atoms with van der Waals surface area (Å²) < 4.78 is 10.6. The maximum Gasteiger partial charge on any atom is 0.323 e. The molecular formula is C20H18N4O4S. The summed E-state index contributed by atoms with van der Waals surface area (Å²) in [5.74, 6) is 1.08. The number of imidazole rings is 1. The van der Waals surface area contributed by atoms with Crippen molar-refractivity contribution in [1.29, 1.82) is 0 Å². The van der Waals surface area contributed by atoms with Crippen LogP contribution in [0.15, 0.2) is 46.6 Å². The van der Waals surface area contributed by atoms with Gasteiger partial charge in [-0.1, -0.05) is 0 Å². The van der Waals surface area contributed by atoms with Gasteiger partial charge in [0.1, 0.15) is 5.01 Å². The Labute approximate surface area is 169 Å². The third-order valence-corrected chi connectivity index (χ3v) is 5.26. The van der Waals surface area contributed by atoms with Crippen LogP contribution in [0, 0.1) is 0 Å². The highest BCUT2D eigenvalue weighted by Crippen LogP contribution is 2.33. The van der Waals surface area contributed by atoms with Crippen LogP contribution in [-0.2, 0) is 11.2 Å². The number of amides is 1. The van der Waals surface area contributed by atoms with Crippen LogP contribution in [-0.4, -0.2) is 35.1 Å². The molecule has 0 fully saturated rings. The highest BCUT2D eigenvalue weighted by atomic mass is 32.1. The van der Waals surface area contributed by atoms with E-state index in [1.807, 2.05) is 23.6 Å². The van der Waals surface area contributed by atoms with E-state index in [1.165, 1.54) is 11.3 Å². The number of rotatable bonds is 6. The van der Waals surface area contributed by atoms with Crippen molar-refractivity contribution >= 4 is 34.0 Å². The van der Waals surface area contributed by atoms with Gasteiger partial charge in [0, 0.05) is 16.6 Å². The summed E-state index contributed by atoms with van der Waals surface area (Å²) in [6.07, 6.45) is 0.144. The van der Waals surface area contributed by atoms with E-state index in [-0.39, 0.29) is 18.0 Å². The Balaban J connectivity index is 1.46. The van der Waals surface area contributed by atoms with Gasteiger partial charge in [-0.3, -0.25) is 4.79 Å². The molecule has 0 atom stereocenters. The molecule has 8 nitrogen and oxygen atoms in total. The number of carbonyl (C=O) groups is 1. The lowest BCUT2D eigenvalue weighted by Crippen LogP contribution is -2.14. The minimum absolute atomic E-state index is 0.144. The van der Waals surface area contributed by atoms with Crippen LogP contribution in [0.1, 0.15) is 5.69 Å². The maximum absolute atomic E-state index is 12.4. The van der Waals surface area contributed by atoms with Gasteiger partial charge in [0.15, 0.2) is 11.5 Å². The molecular weight excluding hydrogens is 392 g/mol. The molecule has 29 heavy (non-hydrogen) atoms. The van der Waals surface area contributed by atoms with Gasteiger partial charge in [-0.25, -0.2) is 9.78 Å². The van der Waals surface area contributed by atoms with E-state index in [9.17, 15) is 9.59 Å². The van der Waals surface area contributed by atoms with Crippen LogP contribution >= 0.6 is 11.3 Å². The average Bonchev–Trinajstić information content (AvgIpc) is 3.32. The highest BCUT2D eigenvalue weighted by Gasteiger charge is 2.12. The molecule has 2 aromatic carbocycles.